The van der Waals surface area contributed by atoms with Crippen molar-refractivity contribution in [1.82, 2.24) is 24.5 Å². The Morgan fingerprint density at radius 3 is 2.45 bits per heavy atom. The van der Waals surface area contributed by atoms with Gasteiger partial charge in [0.1, 0.15) is 4.90 Å². The Labute approximate surface area is 235 Å². The molecule has 1 aromatic carbocycles. The Balaban J connectivity index is 1.65. The van der Waals surface area contributed by atoms with Crippen LogP contribution in [0.1, 0.15) is 51.7 Å². The summed E-state index contributed by atoms with van der Waals surface area (Å²) < 4.78 is 61.1. The summed E-state index contributed by atoms with van der Waals surface area (Å²) in [6, 6.07) is 3.10. The maximum atomic E-state index is 13.2. The Morgan fingerprint density at radius 1 is 1.23 bits per heavy atom. The summed E-state index contributed by atoms with van der Waals surface area (Å²) in [5.74, 6) is -1.25. The van der Waals surface area contributed by atoms with Crippen LogP contribution < -0.4 is 20.7 Å². The predicted molar refractivity (Wildman–Crippen MR) is 139 cm³/mol. The monoisotopic (exact) mass is 621 g/mol. The van der Waals surface area contributed by atoms with Crippen LogP contribution in [0.2, 0.25) is 10.0 Å². The highest BCUT2D eigenvalue weighted by Gasteiger charge is 2.45. The number of pyridine rings is 1. The van der Waals surface area contributed by atoms with Gasteiger partial charge in [-0.1, -0.05) is 30.1 Å². The van der Waals surface area contributed by atoms with E-state index in [2.05, 4.69) is 14.8 Å². The van der Waals surface area contributed by atoms with Crippen molar-refractivity contribution in [3.8, 4) is 23.1 Å². The number of aromatic hydroxyl groups is 1. The molecule has 0 aliphatic heterocycles. The van der Waals surface area contributed by atoms with E-state index < -0.39 is 55.2 Å². The highest BCUT2D eigenvalue weighted by Crippen LogP contribution is 2.42. The first-order valence-corrected chi connectivity index (χ1v) is 13.9. The summed E-state index contributed by atoms with van der Waals surface area (Å²) in [7, 11) is -4.32. The van der Waals surface area contributed by atoms with Crippen molar-refractivity contribution in [2.24, 2.45) is 0 Å². The average molecular weight is 622 g/mol. The van der Waals surface area contributed by atoms with Crippen molar-refractivity contribution in [2.45, 2.75) is 62.0 Å². The molecule has 2 heterocycles. The van der Waals surface area contributed by atoms with E-state index in [1.807, 2.05) is 0 Å². The third-order valence-electron chi connectivity index (χ3n) is 6.50. The van der Waals surface area contributed by atoms with Gasteiger partial charge in [-0.25, -0.2) is 31.7 Å². The quantitative estimate of drug-likeness (QED) is 0.293. The summed E-state index contributed by atoms with van der Waals surface area (Å²) >= 11 is 12.5. The molecule has 12 nitrogen and oxygen atoms in total. The van der Waals surface area contributed by atoms with Crippen LogP contribution in [0.4, 0.5) is 8.78 Å². The second-order valence-corrected chi connectivity index (χ2v) is 12.1. The van der Waals surface area contributed by atoms with Gasteiger partial charge in [0.15, 0.2) is 17.2 Å². The molecule has 216 valence electrons. The summed E-state index contributed by atoms with van der Waals surface area (Å²) in [5, 5.41) is 23.7. The largest absolute Gasteiger partial charge is 0.505 e. The summed E-state index contributed by atoms with van der Waals surface area (Å²) in [4.78, 5) is 28.7. The van der Waals surface area contributed by atoms with Gasteiger partial charge in [-0.05, 0) is 44.7 Å². The molecule has 2 unspecified atom stereocenters. The maximum absolute atomic E-state index is 13.2. The lowest BCUT2D eigenvalue weighted by molar-refractivity contribution is 0.0377. The van der Waals surface area contributed by atoms with E-state index in [0.29, 0.717) is 23.9 Å². The molecule has 4 N–H and O–H groups in total. The van der Waals surface area contributed by atoms with E-state index in [0.717, 1.165) is 24.4 Å². The predicted octanol–water partition coefficient (Wildman–Crippen LogP) is 3.42. The first kappa shape index (κ1) is 29.9. The molecular formula is C23H23Cl2F2N5O7S. The molecule has 0 radical (unpaired) electrons. The molecular weight excluding hydrogens is 599 g/mol. The van der Waals surface area contributed by atoms with Gasteiger partial charge in [0.2, 0.25) is 15.9 Å². The molecule has 1 saturated carbocycles. The fourth-order valence-corrected chi connectivity index (χ4v) is 6.53. The van der Waals surface area contributed by atoms with Gasteiger partial charge in [-0.3, -0.25) is 9.78 Å². The fraction of sp³-hybridized carbons (Fsp3) is 0.391. The second-order valence-electron chi connectivity index (χ2n) is 9.61. The van der Waals surface area contributed by atoms with Crippen molar-refractivity contribution in [2.75, 3.05) is 0 Å². The van der Waals surface area contributed by atoms with E-state index in [4.69, 9.17) is 27.9 Å². The minimum atomic E-state index is -4.32. The number of sulfonamides is 1. The van der Waals surface area contributed by atoms with Crippen LogP contribution in [0.25, 0.3) is 5.69 Å². The molecule has 0 spiro atoms. The number of H-pyrrole nitrogens is 1. The van der Waals surface area contributed by atoms with Gasteiger partial charge in [-0.15, -0.1) is 0 Å². The summed E-state index contributed by atoms with van der Waals surface area (Å²) in [6.07, 6.45) is -1.03. The number of hydrogen-bond acceptors (Lipinski definition) is 9. The van der Waals surface area contributed by atoms with Crippen LogP contribution in [-0.4, -0.2) is 49.5 Å². The average Bonchev–Trinajstić information content (AvgIpc) is 3.16. The van der Waals surface area contributed by atoms with E-state index in [1.165, 1.54) is 0 Å². The number of benzene rings is 1. The number of aliphatic hydroxyl groups is 1. The molecule has 2 aromatic heterocycles. The molecule has 40 heavy (non-hydrogen) atoms. The Bertz CT molecular complexity index is 1680. The van der Waals surface area contributed by atoms with Crippen molar-refractivity contribution >= 4 is 33.2 Å². The van der Waals surface area contributed by atoms with Crippen LogP contribution in [0, 0.1) is 0 Å². The number of aromatic nitrogens is 4. The second kappa shape index (κ2) is 10.7. The van der Waals surface area contributed by atoms with Crippen LogP contribution >= 0.6 is 23.2 Å². The Morgan fingerprint density at radius 2 is 1.88 bits per heavy atom. The van der Waals surface area contributed by atoms with Crippen molar-refractivity contribution < 1.29 is 32.1 Å². The number of aromatic amines is 1. The van der Waals surface area contributed by atoms with Crippen LogP contribution in [0.5, 0.6) is 17.4 Å². The molecule has 0 amide bonds. The van der Waals surface area contributed by atoms with Gasteiger partial charge in [-0.2, -0.15) is 9.78 Å². The fourth-order valence-electron chi connectivity index (χ4n) is 4.46. The number of nitrogens with one attached hydrogen (secondary N) is 2. The van der Waals surface area contributed by atoms with Gasteiger partial charge in [0.25, 0.3) is 12.0 Å². The standard InChI is InChI=1S/C23H23Cl2F2N5O7S/c1-3-23(36)5-4-22(2,10-23)31-40(37,38)15-8-16(28-9-14(15)33)39-18-12(24)6-11(7-13(18)25)32-21(35)29-20(34)17(30-32)19(26)27/h6-9,19,31,33,36H,3-5,10H2,1-2H3,(H,29,34,35). The van der Waals surface area contributed by atoms with E-state index >= 15 is 0 Å². The Kier molecular flexibility index (Phi) is 7.99. The highest BCUT2D eigenvalue weighted by molar-refractivity contribution is 7.89. The zero-order valence-electron chi connectivity index (χ0n) is 20.9. The topological polar surface area (TPSA) is 176 Å². The summed E-state index contributed by atoms with van der Waals surface area (Å²) in [6.45, 7) is 3.46. The molecule has 17 heteroatoms. The lowest BCUT2D eigenvalue weighted by Crippen LogP contribution is -2.45. The number of ether oxygens (including phenoxy) is 1. The molecule has 4 rings (SSSR count). The third kappa shape index (κ3) is 5.98. The smallest absolute Gasteiger partial charge is 0.349 e. The minimum Gasteiger partial charge on any atom is -0.505 e. The van der Waals surface area contributed by atoms with Crippen molar-refractivity contribution in [1.29, 1.82) is 0 Å². The molecule has 1 aliphatic carbocycles. The van der Waals surface area contributed by atoms with Gasteiger partial charge in [0.05, 0.1) is 27.5 Å². The molecule has 1 aliphatic rings. The lowest BCUT2D eigenvalue weighted by atomic mass is 9.95. The van der Waals surface area contributed by atoms with Crippen molar-refractivity contribution in [3.63, 3.8) is 0 Å². The highest BCUT2D eigenvalue weighted by atomic mass is 35.5. The van der Waals surface area contributed by atoms with Gasteiger partial charge < -0.3 is 14.9 Å². The first-order valence-electron chi connectivity index (χ1n) is 11.7. The van der Waals surface area contributed by atoms with E-state index in [-0.39, 0.29) is 33.8 Å². The van der Waals surface area contributed by atoms with Crippen LogP contribution in [-0.2, 0) is 10.0 Å². The van der Waals surface area contributed by atoms with Crippen molar-refractivity contribution in [3.05, 3.63) is 61.0 Å². The normalized spacial score (nSPS) is 21.2. The van der Waals surface area contributed by atoms with E-state index in [9.17, 15) is 37.0 Å². The number of alkyl halides is 2. The molecule has 2 atom stereocenters. The van der Waals surface area contributed by atoms with Gasteiger partial charge in [0, 0.05) is 11.6 Å². The zero-order valence-corrected chi connectivity index (χ0v) is 23.2. The first-order chi connectivity index (χ1) is 18.6. The number of halogens is 4. The number of rotatable bonds is 8. The molecule has 0 saturated heterocycles. The third-order valence-corrected chi connectivity index (χ3v) is 8.73. The molecule has 0 bridgehead atoms. The summed E-state index contributed by atoms with van der Waals surface area (Å²) in [5.41, 5.74) is -5.86. The lowest BCUT2D eigenvalue weighted by Gasteiger charge is -2.28. The van der Waals surface area contributed by atoms with Crippen LogP contribution in [0.3, 0.4) is 0 Å². The SMILES string of the molecule is CCC1(O)CCC(C)(NS(=O)(=O)c2cc(Oc3c(Cl)cc(-n4nc(C(F)F)c(=O)[nH]c4=O)cc3Cl)ncc2O)C1. The van der Waals surface area contributed by atoms with Crippen LogP contribution in [0.15, 0.2) is 38.9 Å². The van der Waals surface area contributed by atoms with Gasteiger partial charge >= 0.3 is 5.69 Å². The molecule has 3 aromatic rings. The Hall–Kier alpha value is -3.11. The minimum absolute atomic E-state index is 0.175. The van der Waals surface area contributed by atoms with E-state index in [1.54, 1.807) is 18.8 Å². The number of hydrogen-bond donors (Lipinski definition) is 4. The number of nitrogens with zero attached hydrogens (tertiary/aromatic N) is 3. The molecule has 1 fully saturated rings. The maximum Gasteiger partial charge on any atom is 0.349 e. The zero-order chi connectivity index (χ0) is 29.6.